The second kappa shape index (κ2) is 5.65. The lowest BCUT2D eigenvalue weighted by Gasteiger charge is -2.38. The maximum atomic E-state index is 12.5. The van der Waals surface area contributed by atoms with Gasteiger partial charge in [0.1, 0.15) is 5.01 Å². The first-order valence-electron chi connectivity index (χ1n) is 7.93. The van der Waals surface area contributed by atoms with Crippen LogP contribution in [0.25, 0.3) is 0 Å². The topological polar surface area (TPSA) is 79.3 Å². The van der Waals surface area contributed by atoms with Gasteiger partial charge in [0.25, 0.3) is 0 Å². The minimum absolute atomic E-state index is 0.0917. The van der Waals surface area contributed by atoms with Crippen LogP contribution in [0.5, 0.6) is 0 Å². The van der Waals surface area contributed by atoms with Crippen molar-refractivity contribution in [3.63, 3.8) is 0 Å². The summed E-state index contributed by atoms with van der Waals surface area (Å²) in [7, 11) is 0. The third-order valence-electron chi connectivity index (χ3n) is 5.13. The first kappa shape index (κ1) is 15.5. The smallest absolute Gasteiger partial charge is 0.310 e. The number of rotatable bonds is 5. The number of aromatic nitrogens is 1. The minimum atomic E-state index is -0.834. The zero-order valence-corrected chi connectivity index (χ0v) is 13.7. The molecule has 1 aromatic heterocycles. The van der Waals surface area contributed by atoms with Crippen LogP contribution < -0.4 is 5.32 Å². The lowest BCUT2D eigenvalue weighted by molar-refractivity contribution is -0.158. The van der Waals surface area contributed by atoms with Gasteiger partial charge in [-0.05, 0) is 32.6 Å². The van der Waals surface area contributed by atoms with E-state index in [0.29, 0.717) is 12.8 Å². The average molecular weight is 322 g/mol. The Bertz CT molecular complexity index is 586. The summed E-state index contributed by atoms with van der Waals surface area (Å²) in [5.41, 5.74) is -0.233. The molecule has 2 aliphatic carbocycles. The average Bonchev–Trinajstić information content (AvgIpc) is 3.03. The number of hydrogen-bond acceptors (Lipinski definition) is 4. The number of aryl methyl sites for hydroxylation is 1. The van der Waals surface area contributed by atoms with E-state index in [1.807, 2.05) is 12.3 Å². The SMILES string of the molecule is Cc1csc(C2(NC(=O)CC3(C(=O)O)CCC3)CCCC2)n1. The number of carboxylic acid groups (broad SMARTS) is 1. The Hall–Kier alpha value is -1.43. The molecule has 2 fully saturated rings. The van der Waals surface area contributed by atoms with Gasteiger partial charge in [-0.1, -0.05) is 19.3 Å². The van der Waals surface area contributed by atoms with E-state index < -0.39 is 11.4 Å². The molecule has 1 heterocycles. The van der Waals surface area contributed by atoms with Crippen LogP contribution in [0.15, 0.2) is 5.38 Å². The molecule has 6 heteroatoms. The second-order valence-electron chi connectivity index (χ2n) is 6.75. The highest BCUT2D eigenvalue weighted by Gasteiger charge is 2.47. The van der Waals surface area contributed by atoms with Gasteiger partial charge >= 0.3 is 5.97 Å². The molecule has 0 radical (unpaired) electrons. The third kappa shape index (κ3) is 2.64. The Labute approximate surface area is 134 Å². The highest BCUT2D eigenvalue weighted by atomic mass is 32.1. The number of carbonyl (C=O) groups excluding carboxylic acids is 1. The Morgan fingerprint density at radius 2 is 1.95 bits per heavy atom. The molecular formula is C16H22N2O3S. The highest BCUT2D eigenvalue weighted by molar-refractivity contribution is 7.09. The van der Waals surface area contributed by atoms with E-state index >= 15 is 0 Å². The van der Waals surface area contributed by atoms with Crippen molar-refractivity contribution in [3.8, 4) is 0 Å². The fourth-order valence-electron chi connectivity index (χ4n) is 3.63. The van der Waals surface area contributed by atoms with Gasteiger partial charge in [-0.3, -0.25) is 9.59 Å². The molecule has 0 aromatic carbocycles. The molecule has 2 saturated carbocycles. The summed E-state index contributed by atoms with van der Waals surface area (Å²) in [6.07, 6.45) is 6.15. The molecule has 0 aliphatic heterocycles. The van der Waals surface area contributed by atoms with Gasteiger partial charge < -0.3 is 10.4 Å². The second-order valence-corrected chi connectivity index (χ2v) is 7.61. The Morgan fingerprint density at radius 3 is 2.41 bits per heavy atom. The van der Waals surface area contributed by atoms with Gasteiger partial charge in [0, 0.05) is 17.5 Å². The van der Waals surface area contributed by atoms with Crippen LogP contribution in [0.1, 0.15) is 62.1 Å². The normalized spacial score (nSPS) is 22.0. The minimum Gasteiger partial charge on any atom is -0.481 e. The molecule has 22 heavy (non-hydrogen) atoms. The molecule has 1 amide bonds. The quantitative estimate of drug-likeness (QED) is 0.873. The van der Waals surface area contributed by atoms with Crippen molar-refractivity contribution in [2.24, 2.45) is 5.41 Å². The van der Waals surface area contributed by atoms with Crippen molar-refractivity contribution in [3.05, 3.63) is 16.1 Å². The third-order valence-corrected chi connectivity index (χ3v) is 6.29. The number of nitrogens with one attached hydrogen (secondary N) is 1. The van der Waals surface area contributed by atoms with Crippen LogP contribution in [0.3, 0.4) is 0 Å². The van der Waals surface area contributed by atoms with E-state index in [4.69, 9.17) is 0 Å². The molecule has 120 valence electrons. The van der Waals surface area contributed by atoms with E-state index in [-0.39, 0.29) is 17.9 Å². The fraction of sp³-hybridized carbons (Fsp3) is 0.688. The number of amides is 1. The number of thiazole rings is 1. The van der Waals surface area contributed by atoms with Crippen molar-refractivity contribution < 1.29 is 14.7 Å². The van der Waals surface area contributed by atoms with Gasteiger partial charge in [-0.15, -0.1) is 11.3 Å². The number of hydrogen-bond donors (Lipinski definition) is 2. The first-order chi connectivity index (χ1) is 10.5. The fourth-order valence-corrected chi connectivity index (χ4v) is 4.65. The molecule has 5 nitrogen and oxygen atoms in total. The summed E-state index contributed by atoms with van der Waals surface area (Å²) < 4.78 is 0. The zero-order chi connectivity index (χ0) is 15.8. The van der Waals surface area contributed by atoms with Gasteiger partial charge in [-0.2, -0.15) is 0 Å². The van der Waals surface area contributed by atoms with E-state index in [1.165, 1.54) is 0 Å². The van der Waals surface area contributed by atoms with Crippen molar-refractivity contribution in [2.75, 3.05) is 0 Å². The molecule has 2 aliphatic rings. The van der Waals surface area contributed by atoms with Gasteiger partial charge in [0.05, 0.1) is 11.0 Å². The summed E-state index contributed by atoms with van der Waals surface area (Å²) in [6.45, 7) is 1.96. The maximum absolute atomic E-state index is 12.5. The summed E-state index contributed by atoms with van der Waals surface area (Å²) in [5.74, 6) is -0.976. The molecular weight excluding hydrogens is 300 g/mol. The van der Waals surface area contributed by atoms with Crippen LogP contribution in [-0.2, 0) is 15.1 Å². The van der Waals surface area contributed by atoms with Crippen LogP contribution >= 0.6 is 11.3 Å². The van der Waals surface area contributed by atoms with Crippen LogP contribution in [-0.4, -0.2) is 22.0 Å². The van der Waals surface area contributed by atoms with Gasteiger partial charge in [-0.25, -0.2) is 4.98 Å². The van der Waals surface area contributed by atoms with E-state index in [0.717, 1.165) is 42.8 Å². The van der Waals surface area contributed by atoms with Crippen LogP contribution in [0.2, 0.25) is 0 Å². The summed E-state index contributed by atoms with van der Waals surface area (Å²) in [6, 6.07) is 0. The van der Waals surface area contributed by atoms with Crippen molar-refractivity contribution in [2.45, 2.75) is 63.8 Å². The number of carbonyl (C=O) groups is 2. The van der Waals surface area contributed by atoms with Crippen LogP contribution in [0, 0.1) is 12.3 Å². The first-order valence-corrected chi connectivity index (χ1v) is 8.81. The molecule has 2 N–H and O–H groups in total. The predicted octanol–water partition coefficient (Wildman–Crippen LogP) is 2.98. The number of aliphatic carboxylic acids is 1. The molecule has 1 aromatic rings. The Morgan fingerprint density at radius 1 is 1.27 bits per heavy atom. The van der Waals surface area contributed by atoms with E-state index in [1.54, 1.807) is 11.3 Å². The molecule has 0 atom stereocenters. The van der Waals surface area contributed by atoms with E-state index in [9.17, 15) is 14.7 Å². The standard InChI is InChI=1S/C16H22N2O3S/c1-11-10-22-13(17-11)16(7-2-3-8-16)18-12(19)9-15(14(20)21)5-4-6-15/h10H,2-9H2,1H3,(H,18,19)(H,20,21). The maximum Gasteiger partial charge on any atom is 0.310 e. The highest BCUT2D eigenvalue weighted by Crippen LogP contribution is 2.45. The lowest BCUT2D eigenvalue weighted by atomic mass is 9.66. The zero-order valence-electron chi connectivity index (χ0n) is 12.9. The summed E-state index contributed by atoms with van der Waals surface area (Å²) in [5, 5.41) is 15.5. The lowest BCUT2D eigenvalue weighted by Crippen LogP contribution is -2.48. The Balaban J connectivity index is 1.74. The summed E-state index contributed by atoms with van der Waals surface area (Å²) in [4.78, 5) is 28.5. The molecule has 3 rings (SSSR count). The van der Waals surface area contributed by atoms with E-state index in [2.05, 4.69) is 10.3 Å². The van der Waals surface area contributed by atoms with Gasteiger partial charge in [0.2, 0.25) is 5.91 Å². The number of nitrogens with zero attached hydrogens (tertiary/aromatic N) is 1. The monoisotopic (exact) mass is 322 g/mol. The molecule has 0 saturated heterocycles. The number of carboxylic acids is 1. The van der Waals surface area contributed by atoms with Gasteiger partial charge in [0.15, 0.2) is 0 Å². The Kier molecular flexibility index (Phi) is 3.97. The van der Waals surface area contributed by atoms with Crippen molar-refractivity contribution >= 4 is 23.2 Å². The van der Waals surface area contributed by atoms with Crippen LogP contribution in [0.4, 0.5) is 0 Å². The molecule has 0 unspecified atom stereocenters. The van der Waals surface area contributed by atoms with Crippen molar-refractivity contribution in [1.82, 2.24) is 10.3 Å². The largest absolute Gasteiger partial charge is 0.481 e. The van der Waals surface area contributed by atoms with Crippen molar-refractivity contribution in [1.29, 1.82) is 0 Å². The summed E-state index contributed by atoms with van der Waals surface area (Å²) >= 11 is 1.59. The predicted molar refractivity (Wildman–Crippen MR) is 83.7 cm³/mol. The molecule has 0 spiro atoms. The molecule has 0 bridgehead atoms.